The second kappa shape index (κ2) is 5.31. The zero-order valence-electron chi connectivity index (χ0n) is 11.8. The molecular weight excluding hydrogens is 240 g/mol. The number of benzene rings is 1. The van der Waals surface area contributed by atoms with Crippen molar-refractivity contribution in [2.75, 3.05) is 13.7 Å². The molecule has 0 unspecified atom stereocenters. The van der Waals surface area contributed by atoms with Crippen molar-refractivity contribution < 1.29 is 9.90 Å². The van der Waals surface area contributed by atoms with E-state index in [2.05, 4.69) is 17.4 Å². The number of amides is 1. The minimum atomic E-state index is -0.532. The minimum absolute atomic E-state index is 0.0357. The predicted molar refractivity (Wildman–Crippen MR) is 74.7 cm³/mol. The van der Waals surface area contributed by atoms with E-state index in [1.54, 1.807) is 11.9 Å². The van der Waals surface area contributed by atoms with Crippen molar-refractivity contribution in [3.05, 3.63) is 35.4 Å². The molecule has 0 radical (unpaired) electrons. The van der Waals surface area contributed by atoms with Crippen LogP contribution in [0.15, 0.2) is 24.3 Å². The molecule has 1 aromatic carbocycles. The molecule has 4 nitrogen and oxygen atoms in total. The molecule has 2 N–H and O–H groups in total. The summed E-state index contributed by atoms with van der Waals surface area (Å²) in [5, 5.41) is 12.6. The van der Waals surface area contributed by atoms with Gasteiger partial charge >= 0.3 is 0 Å². The molecule has 0 saturated heterocycles. The number of nitrogens with one attached hydrogen (secondary N) is 1. The largest absolute Gasteiger partial charge is 0.394 e. The Morgan fingerprint density at radius 2 is 2.05 bits per heavy atom. The quantitative estimate of drug-likeness (QED) is 0.852. The van der Waals surface area contributed by atoms with E-state index in [-0.39, 0.29) is 18.6 Å². The molecular formula is C15H22N2O2. The molecule has 0 aliphatic carbocycles. The molecule has 1 aromatic rings. The van der Waals surface area contributed by atoms with Crippen molar-refractivity contribution in [3.63, 3.8) is 0 Å². The standard InChI is InChI=1S/C15H22N2O2/c1-15(2,10-18)17(3)14(19)13-8-11-6-4-5-7-12(11)9-16-13/h4-7,13,16,18H,8-10H2,1-3H3/t13-/m1/s1. The van der Waals surface area contributed by atoms with E-state index < -0.39 is 5.54 Å². The Labute approximate surface area is 114 Å². The number of nitrogens with zero attached hydrogens (tertiary/aromatic N) is 1. The monoisotopic (exact) mass is 262 g/mol. The molecule has 0 bridgehead atoms. The van der Waals surface area contributed by atoms with Crippen molar-refractivity contribution in [2.24, 2.45) is 0 Å². The number of rotatable bonds is 3. The van der Waals surface area contributed by atoms with Gasteiger partial charge in [0.15, 0.2) is 0 Å². The van der Waals surface area contributed by atoms with Crippen molar-refractivity contribution >= 4 is 5.91 Å². The Kier molecular flexibility index (Phi) is 3.92. The summed E-state index contributed by atoms with van der Waals surface area (Å²) in [4.78, 5) is 14.1. The van der Waals surface area contributed by atoms with Crippen LogP contribution in [0.1, 0.15) is 25.0 Å². The Balaban J connectivity index is 2.11. The number of likely N-dealkylation sites (N-methyl/N-ethyl adjacent to an activating group) is 1. The second-order valence-electron chi connectivity index (χ2n) is 5.77. The lowest BCUT2D eigenvalue weighted by molar-refractivity contribution is -0.138. The summed E-state index contributed by atoms with van der Waals surface area (Å²) < 4.78 is 0. The zero-order valence-corrected chi connectivity index (χ0v) is 11.8. The van der Waals surface area contributed by atoms with Gasteiger partial charge in [-0.25, -0.2) is 0 Å². The number of hydrogen-bond donors (Lipinski definition) is 2. The van der Waals surface area contributed by atoms with E-state index in [1.165, 1.54) is 11.1 Å². The molecule has 0 fully saturated rings. The fourth-order valence-corrected chi connectivity index (χ4v) is 2.27. The normalized spacial score (nSPS) is 18.8. The van der Waals surface area contributed by atoms with Crippen molar-refractivity contribution in [1.82, 2.24) is 10.2 Å². The first-order valence-electron chi connectivity index (χ1n) is 6.64. The maximum Gasteiger partial charge on any atom is 0.240 e. The van der Waals surface area contributed by atoms with E-state index in [0.717, 1.165) is 6.54 Å². The summed E-state index contributed by atoms with van der Waals surface area (Å²) in [7, 11) is 1.75. The highest BCUT2D eigenvalue weighted by molar-refractivity contribution is 5.83. The third-order valence-corrected chi connectivity index (χ3v) is 4.00. The van der Waals surface area contributed by atoms with Crippen LogP contribution >= 0.6 is 0 Å². The first-order chi connectivity index (χ1) is 8.95. The molecule has 0 spiro atoms. The summed E-state index contributed by atoms with van der Waals surface area (Å²) >= 11 is 0. The maximum atomic E-state index is 12.5. The fourth-order valence-electron chi connectivity index (χ4n) is 2.27. The van der Waals surface area contributed by atoms with Gasteiger partial charge in [0.05, 0.1) is 18.2 Å². The van der Waals surface area contributed by atoms with Crippen molar-refractivity contribution in [3.8, 4) is 0 Å². The summed E-state index contributed by atoms with van der Waals surface area (Å²) in [6.07, 6.45) is 0.709. The van der Waals surface area contributed by atoms with Crippen LogP contribution in [0.4, 0.5) is 0 Å². The van der Waals surface area contributed by atoms with Crippen LogP contribution < -0.4 is 5.32 Å². The lowest BCUT2D eigenvalue weighted by Crippen LogP contribution is -2.55. The molecule has 0 saturated carbocycles. The predicted octanol–water partition coefficient (Wildman–Crippen LogP) is 0.930. The highest BCUT2D eigenvalue weighted by Crippen LogP contribution is 2.19. The van der Waals surface area contributed by atoms with E-state index in [1.807, 2.05) is 26.0 Å². The molecule has 0 aromatic heterocycles. The van der Waals surface area contributed by atoms with E-state index in [4.69, 9.17) is 0 Å². The Bertz CT molecular complexity index is 471. The van der Waals surface area contributed by atoms with Crippen LogP contribution in [0.2, 0.25) is 0 Å². The Hall–Kier alpha value is -1.39. The lowest BCUT2D eigenvalue weighted by Gasteiger charge is -2.37. The van der Waals surface area contributed by atoms with Gasteiger partial charge in [0.25, 0.3) is 0 Å². The van der Waals surface area contributed by atoms with Gasteiger partial charge in [-0.1, -0.05) is 24.3 Å². The fraction of sp³-hybridized carbons (Fsp3) is 0.533. The number of carbonyl (C=O) groups excluding carboxylic acids is 1. The lowest BCUT2D eigenvalue weighted by atomic mass is 9.94. The van der Waals surface area contributed by atoms with Gasteiger partial charge in [-0.05, 0) is 31.4 Å². The molecule has 1 aliphatic heterocycles. The second-order valence-corrected chi connectivity index (χ2v) is 5.77. The van der Waals surface area contributed by atoms with Gasteiger partial charge in [0, 0.05) is 13.6 Å². The van der Waals surface area contributed by atoms with E-state index >= 15 is 0 Å². The summed E-state index contributed by atoms with van der Waals surface area (Å²) in [6.45, 7) is 4.40. The van der Waals surface area contributed by atoms with Crippen LogP contribution in [0.25, 0.3) is 0 Å². The highest BCUT2D eigenvalue weighted by Gasteiger charge is 2.33. The minimum Gasteiger partial charge on any atom is -0.394 e. The van der Waals surface area contributed by atoms with Crippen LogP contribution in [0.5, 0.6) is 0 Å². The van der Waals surface area contributed by atoms with Gasteiger partial charge < -0.3 is 15.3 Å². The van der Waals surface area contributed by atoms with Gasteiger partial charge in [-0.3, -0.25) is 4.79 Å². The highest BCUT2D eigenvalue weighted by atomic mass is 16.3. The first-order valence-corrected chi connectivity index (χ1v) is 6.64. The SMILES string of the molecule is CN(C(=O)[C@H]1Cc2ccccc2CN1)C(C)(C)CO. The average molecular weight is 262 g/mol. The maximum absolute atomic E-state index is 12.5. The number of carbonyl (C=O) groups is 1. The van der Waals surface area contributed by atoms with Crippen LogP contribution in [-0.2, 0) is 17.8 Å². The van der Waals surface area contributed by atoms with Crippen molar-refractivity contribution in [1.29, 1.82) is 0 Å². The van der Waals surface area contributed by atoms with Gasteiger partial charge in [-0.2, -0.15) is 0 Å². The van der Waals surface area contributed by atoms with E-state index in [0.29, 0.717) is 6.42 Å². The summed E-state index contributed by atoms with van der Waals surface area (Å²) in [5.41, 5.74) is 1.96. The van der Waals surface area contributed by atoms with Crippen molar-refractivity contribution in [2.45, 2.75) is 38.4 Å². The zero-order chi connectivity index (χ0) is 14.0. The van der Waals surface area contributed by atoms with Crippen LogP contribution in [0, 0.1) is 0 Å². The molecule has 104 valence electrons. The van der Waals surface area contributed by atoms with Crippen LogP contribution in [0.3, 0.4) is 0 Å². The average Bonchev–Trinajstić information content (AvgIpc) is 2.45. The molecule has 19 heavy (non-hydrogen) atoms. The molecule has 1 amide bonds. The number of hydrogen-bond acceptors (Lipinski definition) is 3. The smallest absolute Gasteiger partial charge is 0.240 e. The molecule has 4 heteroatoms. The Morgan fingerprint density at radius 1 is 1.42 bits per heavy atom. The molecule has 1 atom stereocenters. The van der Waals surface area contributed by atoms with Gasteiger partial charge in [-0.15, -0.1) is 0 Å². The number of aliphatic hydroxyl groups is 1. The number of aliphatic hydroxyl groups excluding tert-OH is 1. The first kappa shape index (κ1) is 14.0. The molecule has 1 aliphatic rings. The van der Waals surface area contributed by atoms with E-state index in [9.17, 15) is 9.90 Å². The summed E-state index contributed by atoms with van der Waals surface area (Å²) in [6, 6.07) is 7.99. The topological polar surface area (TPSA) is 52.6 Å². The van der Waals surface area contributed by atoms with Gasteiger partial charge in [0.1, 0.15) is 0 Å². The van der Waals surface area contributed by atoms with Gasteiger partial charge in [0.2, 0.25) is 5.91 Å². The molecule has 2 rings (SSSR count). The third-order valence-electron chi connectivity index (χ3n) is 4.00. The van der Waals surface area contributed by atoms with Crippen LogP contribution in [-0.4, -0.2) is 41.1 Å². The third kappa shape index (κ3) is 2.80. The molecule has 1 heterocycles. The summed E-state index contributed by atoms with van der Waals surface area (Å²) in [5.74, 6) is 0.0357. The Morgan fingerprint density at radius 3 is 2.68 bits per heavy atom. The number of fused-ring (bicyclic) bond motifs is 1.